The molecular formula is C15H21N3O. The lowest BCUT2D eigenvalue weighted by Crippen LogP contribution is -2.05. The van der Waals surface area contributed by atoms with Gasteiger partial charge in [-0.05, 0) is 44.0 Å². The van der Waals surface area contributed by atoms with Crippen LogP contribution in [0.4, 0.5) is 0 Å². The van der Waals surface area contributed by atoms with Gasteiger partial charge in [0.25, 0.3) is 0 Å². The van der Waals surface area contributed by atoms with E-state index in [9.17, 15) is 0 Å². The number of imidazole rings is 1. The van der Waals surface area contributed by atoms with Crippen molar-refractivity contribution in [2.24, 2.45) is 12.8 Å². The smallest absolute Gasteiger partial charge is 0.124 e. The largest absolute Gasteiger partial charge is 0.496 e. The molecule has 4 heteroatoms. The van der Waals surface area contributed by atoms with E-state index < -0.39 is 0 Å². The van der Waals surface area contributed by atoms with Crippen molar-refractivity contribution >= 4 is 0 Å². The van der Waals surface area contributed by atoms with Crippen LogP contribution in [0.5, 0.6) is 5.75 Å². The summed E-state index contributed by atoms with van der Waals surface area (Å²) >= 11 is 0. The van der Waals surface area contributed by atoms with E-state index in [1.807, 2.05) is 14.0 Å². The van der Waals surface area contributed by atoms with Crippen molar-refractivity contribution in [1.82, 2.24) is 9.55 Å². The Morgan fingerprint density at radius 3 is 2.21 bits per heavy atom. The summed E-state index contributed by atoms with van der Waals surface area (Å²) in [5, 5.41) is 0. The highest BCUT2D eigenvalue weighted by Crippen LogP contribution is 2.31. The molecule has 2 aromatic rings. The Morgan fingerprint density at radius 2 is 1.79 bits per heavy atom. The number of aromatic nitrogens is 2. The van der Waals surface area contributed by atoms with Crippen LogP contribution in [0.15, 0.2) is 12.1 Å². The highest BCUT2D eigenvalue weighted by atomic mass is 16.5. The number of hydrogen-bond acceptors (Lipinski definition) is 3. The molecule has 0 saturated carbocycles. The molecule has 0 aliphatic heterocycles. The molecule has 0 unspecified atom stereocenters. The fourth-order valence-electron chi connectivity index (χ4n) is 2.69. The Labute approximate surface area is 114 Å². The SMILES string of the molecule is COc1c(C)cc(-c2c(C)nc(CN)n2C)cc1C. The van der Waals surface area contributed by atoms with Crippen LogP contribution in [0, 0.1) is 20.8 Å². The zero-order chi connectivity index (χ0) is 14.2. The maximum absolute atomic E-state index is 5.71. The Bertz CT molecular complexity index is 591. The minimum Gasteiger partial charge on any atom is -0.496 e. The van der Waals surface area contributed by atoms with Gasteiger partial charge < -0.3 is 15.0 Å². The van der Waals surface area contributed by atoms with Crippen molar-refractivity contribution in [3.8, 4) is 17.0 Å². The van der Waals surface area contributed by atoms with Gasteiger partial charge in [-0.1, -0.05) is 0 Å². The molecule has 0 spiro atoms. The minimum atomic E-state index is 0.450. The lowest BCUT2D eigenvalue weighted by molar-refractivity contribution is 0.408. The summed E-state index contributed by atoms with van der Waals surface area (Å²) in [5.74, 6) is 1.85. The zero-order valence-electron chi connectivity index (χ0n) is 12.2. The van der Waals surface area contributed by atoms with Crippen molar-refractivity contribution in [2.75, 3.05) is 7.11 Å². The Balaban J connectivity index is 2.63. The quantitative estimate of drug-likeness (QED) is 0.921. The molecule has 0 aliphatic rings. The number of benzene rings is 1. The number of aryl methyl sites for hydroxylation is 3. The highest BCUT2D eigenvalue weighted by molar-refractivity contribution is 5.67. The second-order valence-corrected chi connectivity index (χ2v) is 4.87. The molecule has 0 saturated heterocycles. The summed E-state index contributed by atoms with van der Waals surface area (Å²) in [7, 11) is 3.71. The predicted octanol–water partition coefficient (Wildman–Crippen LogP) is 2.48. The maximum atomic E-state index is 5.71. The molecule has 0 radical (unpaired) electrons. The Hall–Kier alpha value is -1.81. The number of ether oxygens (including phenoxy) is 1. The first kappa shape index (κ1) is 13.6. The Kier molecular flexibility index (Phi) is 3.62. The van der Waals surface area contributed by atoms with Gasteiger partial charge in [-0.2, -0.15) is 0 Å². The molecule has 2 rings (SSSR count). The van der Waals surface area contributed by atoms with Crippen molar-refractivity contribution in [1.29, 1.82) is 0 Å². The summed E-state index contributed by atoms with van der Waals surface area (Å²) in [6.07, 6.45) is 0. The van der Waals surface area contributed by atoms with Gasteiger partial charge in [0.15, 0.2) is 0 Å². The standard InChI is InChI=1S/C15H21N3O/c1-9-6-12(7-10(2)15(9)19-5)14-11(3)17-13(8-16)18(14)4/h6-7H,8,16H2,1-5H3. The third kappa shape index (κ3) is 2.24. The average Bonchev–Trinajstić information content (AvgIpc) is 2.63. The molecule has 1 aromatic carbocycles. The topological polar surface area (TPSA) is 53.1 Å². The summed E-state index contributed by atoms with van der Waals surface area (Å²) in [6.45, 7) is 6.59. The van der Waals surface area contributed by atoms with Crippen LogP contribution < -0.4 is 10.5 Å². The van der Waals surface area contributed by atoms with E-state index in [0.29, 0.717) is 6.54 Å². The lowest BCUT2D eigenvalue weighted by atomic mass is 10.0. The second-order valence-electron chi connectivity index (χ2n) is 4.87. The van der Waals surface area contributed by atoms with Gasteiger partial charge in [0.1, 0.15) is 11.6 Å². The average molecular weight is 259 g/mol. The fourth-order valence-corrected chi connectivity index (χ4v) is 2.69. The number of methoxy groups -OCH3 is 1. The van der Waals surface area contributed by atoms with Crippen molar-refractivity contribution in [2.45, 2.75) is 27.3 Å². The van der Waals surface area contributed by atoms with Crippen LogP contribution in [-0.4, -0.2) is 16.7 Å². The van der Waals surface area contributed by atoms with Gasteiger partial charge in [-0.15, -0.1) is 0 Å². The molecule has 0 atom stereocenters. The van der Waals surface area contributed by atoms with E-state index in [4.69, 9.17) is 10.5 Å². The highest BCUT2D eigenvalue weighted by Gasteiger charge is 2.14. The fraction of sp³-hybridized carbons (Fsp3) is 0.400. The van der Waals surface area contributed by atoms with Crippen LogP contribution in [0.3, 0.4) is 0 Å². The molecule has 19 heavy (non-hydrogen) atoms. The molecule has 102 valence electrons. The molecular weight excluding hydrogens is 238 g/mol. The molecule has 0 fully saturated rings. The van der Waals surface area contributed by atoms with Gasteiger partial charge in [0, 0.05) is 12.6 Å². The first-order valence-corrected chi connectivity index (χ1v) is 6.37. The molecule has 0 amide bonds. The van der Waals surface area contributed by atoms with Gasteiger partial charge >= 0.3 is 0 Å². The van der Waals surface area contributed by atoms with Crippen LogP contribution in [0.1, 0.15) is 22.6 Å². The third-order valence-electron chi connectivity index (χ3n) is 3.48. The van der Waals surface area contributed by atoms with E-state index in [1.165, 1.54) is 0 Å². The zero-order valence-corrected chi connectivity index (χ0v) is 12.2. The summed E-state index contributed by atoms with van der Waals surface area (Å²) < 4.78 is 7.48. The van der Waals surface area contributed by atoms with E-state index >= 15 is 0 Å². The van der Waals surface area contributed by atoms with Crippen LogP contribution in [-0.2, 0) is 13.6 Å². The molecule has 1 aromatic heterocycles. The number of rotatable bonds is 3. The van der Waals surface area contributed by atoms with E-state index in [2.05, 4.69) is 35.5 Å². The van der Waals surface area contributed by atoms with Crippen LogP contribution in [0.2, 0.25) is 0 Å². The third-order valence-corrected chi connectivity index (χ3v) is 3.48. The Morgan fingerprint density at radius 1 is 1.21 bits per heavy atom. The molecule has 1 heterocycles. The normalized spacial score (nSPS) is 10.8. The van der Waals surface area contributed by atoms with Gasteiger partial charge in [-0.25, -0.2) is 4.98 Å². The lowest BCUT2D eigenvalue weighted by Gasteiger charge is -2.12. The first-order chi connectivity index (χ1) is 8.99. The maximum Gasteiger partial charge on any atom is 0.124 e. The second kappa shape index (κ2) is 5.05. The van der Waals surface area contributed by atoms with Crippen molar-refractivity contribution in [3.05, 3.63) is 34.8 Å². The number of nitrogens with zero attached hydrogens (tertiary/aromatic N) is 2. The van der Waals surface area contributed by atoms with Crippen LogP contribution in [0.25, 0.3) is 11.3 Å². The van der Waals surface area contributed by atoms with E-state index in [0.717, 1.165) is 39.7 Å². The van der Waals surface area contributed by atoms with Crippen molar-refractivity contribution < 1.29 is 4.74 Å². The molecule has 2 N–H and O–H groups in total. The minimum absolute atomic E-state index is 0.450. The summed E-state index contributed by atoms with van der Waals surface area (Å²) in [4.78, 5) is 4.51. The van der Waals surface area contributed by atoms with Crippen LogP contribution >= 0.6 is 0 Å². The number of nitrogens with two attached hydrogens (primary N) is 1. The van der Waals surface area contributed by atoms with E-state index in [-0.39, 0.29) is 0 Å². The van der Waals surface area contributed by atoms with E-state index in [1.54, 1.807) is 7.11 Å². The molecule has 0 bridgehead atoms. The summed E-state index contributed by atoms with van der Waals surface area (Å²) in [6, 6.07) is 4.27. The summed E-state index contributed by atoms with van der Waals surface area (Å²) in [5.41, 5.74) is 11.3. The van der Waals surface area contributed by atoms with Gasteiger partial charge in [-0.3, -0.25) is 0 Å². The first-order valence-electron chi connectivity index (χ1n) is 6.37. The molecule has 0 aliphatic carbocycles. The monoisotopic (exact) mass is 259 g/mol. The molecule has 4 nitrogen and oxygen atoms in total. The van der Waals surface area contributed by atoms with Gasteiger partial charge in [0.2, 0.25) is 0 Å². The van der Waals surface area contributed by atoms with Gasteiger partial charge in [0.05, 0.1) is 25.0 Å². The van der Waals surface area contributed by atoms with Crippen molar-refractivity contribution in [3.63, 3.8) is 0 Å². The number of hydrogen-bond donors (Lipinski definition) is 1. The predicted molar refractivity (Wildman–Crippen MR) is 77.3 cm³/mol.